The average Bonchev–Trinajstić information content (AvgIpc) is 2.29. The van der Waals surface area contributed by atoms with E-state index in [-0.39, 0.29) is 12.2 Å². The van der Waals surface area contributed by atoms with Gasteiger partial charge in [-0.25, -0.2) is 4.79 Å². The van der Waals surface area contributed by atoms with Crippen molar-refractivity contribution in [1.29, 1.82) is 0 Å². The van der Waals surface area contributed by atoms with Gasteiger partial charge in [0, 0.05) is 20.3 Å². The van der Waals surface area contributed by atoms with Crippen molar-refractivity contribution in [2.75, 3.05) is 20.3 Å². The zero-order valence-electron chi connectivity index (χ0n) is 11.2. The molecule has 0 spiro atoms. The molecule has 0 aromatic rings. The van der Waals surface area contributed by atoms with E-state index < -0.39 is 0 Å². The molecule has 1 amide bonds. The first kappa shape index (κ1) is 14.3. The Kier molecular flexibility index (Phi) is 6.34. The van der Waals surface area contributed by atoms with Crippen LogP contribution >= 0.6 is 0 Å². The molecule has 4 nitrogen and oxygen atoms in total. The number of nitrogens with one attached hydrogen (secondary N) is 1. The molecule has 0 aliphatic heterocycles. The van der Waals surface area contributed by atoms with E-state index in [0.29, 0.717) is 25.0 Å². The minimum Gasteiger partial charge on any atom is -0.446 e. The van der Waals surface area contributed by atoms with Crippen LogP contribution in [-0.2, 0) is 9.47 Å². The highest BCUT2D eigenvalue weighted by Crippen LogP contribution is 2.30. The molecule has 1 aliphatic carbocycles. The minimum absolute atomic E-state index is 0.0844. The summed E-state index contributed by atoms with van der Waals surface area (Å²) in [6.45, 7) is 5.66. The SMILES string of the molecule is COCCCNC(=O)O[C@@H]1CC(C)CC[C@H]1C. The van der Waals surface area contributed by atoms with Crippen LogP contribution in [0.1, 0.15) is 39.5 Å². The van der Waals surface area contributed by atoms with Gasteiger partial charge in [-0.05, 0) is 31.1 Å². The predicted molar refractivity (Wildman–Crippen MR) is 66.9 cm³/mol. The number of hydrogen-bond donors (Lipinski definition) is 1. The quantitative estimate of drug-likeness (QED) is 0.755. The van der Waals surface area contributed by atoms with Gasteiger partial charge in [-0.15, -0.1) is 0 Å². The van der Waals surface area contributed by atoms with Crippen LogP contribution in [-0.4, -0.2) is 32.5 Å². The van der Waals surface area contributed by atoms with E-state index >= 15 is 0 Å². The van der Waals surface area contributed by atoms with E-state index in [0.717, 1.165) is 19.3 Å². The van der Waals surface area contributed by atoms with Crippen molar-refractivity contribution in [2.45, 2.75) is 45.6 Å². The fourth-order valence-electron chi connectivity index (χ4n) is 2.23. The van der Waals surface area contributed by atoms with Crippen molar-refractivity contribution in [1.82, 2.24) is 5.32 Å². The van der Waals surface area contributed by atoms with Gasteiger partial charge in [-0.1, -0.05) is 20.3 Å². The average molecular weight is 243 g/mol. The van der Waals surface area contributed by atoms with Crippen LogP contribution in [0.5, 0.6) is 0 Å². The third kappa shape index (κ3) is 5.39. The van der Waals surface area contributed by atoms with Gasteiger partial charge in [-0.3, -0.25) is 0 Å². The third-order valence-electron chi connectivity index (χ3n) is 3.44. The Morgan fingerprint density at radius 3 is 2.82 bits per heavy atom. The van der Waals surface area contributed by atoms with Gasteiger partial charge in [0.1, 0.15) is 6.10 Å². The first-order valence-corrected chi connectivity index (χ1v) is 6.57. The first-order chi connectivity index (χ1) is 8.13. The molecule has 1 fully saturated rings. The topological polar surface area (TPSA) is 47.6 Å². The van der Waals surface area contributed by atoms with E-state index in [2.05, 4.69) is 19.2 Å². The fourth-order valence-corrected chi connectivity index (χ4v) is 2.23. The molecular weight excluding hydrogens is 218 g/mol. The smallest absolute Gasteiger partial charge is 0.407 e. The molecule has 0 aromatic heterocycles. The van der Waals surface area contributed by atoms with Crippen LogP contribution in [0, 0.1) is 11.8 Å². The zero-order chi connectivity index (χ0) is 12.7. The number of ether oxygens (including phenoxy) is 2. The number of rotatable bonds is 5. The van der Waals surface area contributed by atoms with E-state index in [1.165, 1.54) is 6.42 Å². The van der Waals surface area contributed by atoms with Crippen LogP contribution in [0.3, 0.4) is 0 Å². The number of hydrogen-bond acceptors (Lipinski definition) is 3. The lowest BCUT2D eigenvalue weighted by molar-refractivity contribution is 0.0289. The van der Waals surface area contributed by atoms with Crippen LogP contribution in [0.2, 0.25) is 0 Å². The molecule has 17 heavy (non-hydrogen) atoms. The molecule has 1 aliphatic rings. The van der Waals surface area contributed by atoms with Crippen LogP contribution in [0.4, 0.5) is 4.79 Å². The lowest BCUT2D eigenvalue weighted by Gasteiger charge is -2.32. The zero-order valence-corrected chi connectivity index (χ0v) is 11.2. The summed E-state index contributed by atoms with van der Waals surface area (Å²) in [7, 11) is 1.66. The molecule has 1 saturated carbocycles. The molecular formula is C13H25NO3. The number of carbonyl (C=O) groups is 1. The van der Waals surface area contributed by atoms with E-state index in [1.807, 2.05) is 0 Å². The summed E-state index contributed by atoms with van der Waals surface area (Å²) in [4.78, 5) is 11.6. The van der Waals surface area contributed by atoms with Crippen LogP contribution < -0.4 is 5.32 Å². The molecule has 0 saturated heterocycles. The monoisotopic (exact) mass is 243 g/mol. The Morgan fingerprint density at radius 2 is 2.12 bits per heavy atom. The molecule has 0 aromatic carbocycles. The number of amides is 1. The highest BCUT2D eigenvalue weighted by Gasteiger charge is 2.28. The highest BCUT2D eigenvalue weighted by molar-refractivity contribution is 5.67. The summed E-state index contributed by atoms with van der Waals surface area (Å²) in [5, 5.41) is 2.76. The Morgan fingerprint density at radius 1 is 1.35 bits per heavy atom. The summed E-state index contributed by atoms with van der Waals surface area (Å²) in [5.74, 6) is 1.15. The Hall–Kier alpha value is -0.770. The summed E-state index contributed by atoms with van der Waals surface area (Å²) in [5.41, 5.74) is 0. The Bertz CT molecular complexity index is 233. The maximum atomic E-state index is 11.6. The minimum atomic E-state index is -0.285. The number of alkyl carbamates (subject to hydrolysis) is 1. The van der Waals surface area contributed by atoms with Crippen LogP contribution in [0.15, 0.2) is 0 Å². The van der Waals surface area contributed by atoms with Gasteiger partial charge in [0.05, 0.1) is 0 Å². The van der Waals surface area contributed by atoms with Gasteiger partial charge in [0.15, 0.2) is 0 Å². The molecule has 0 radical (unpaired) electrons. The second-order valence-electron chi connectivity index (χ2n) is 5.11. The van der Waals surface area contributed by atoms with Gasteiger partial charge < -0.3 is 14.8 Å². The van der Waals surface area contributed by atoms with Crippen molar-refractivity contribution in [3.63, 3.8) is 0 Å². The number of methoxy groups -OCH3 is 1. The van der Waals surface area contributed by atoms with Crippen molar-refractivity contribution >= 4 is 6.09 Å². The maximum absolute atomic E-state index is 11.6. The van der Waals surface area contributed by atoms with Crippen molar-refractivity contribution in [3.8, 4) is 0 Å². The fraction of sp³-hybridized carbons (Fsp3) is 0.923. The molecule has 1 rings (SSSR count). The molecule has 0 heterocycles. The Labute approximate surface area is 104 Å². The summed E-state index contributed by atoms with van der Waals surface area (Å²) in [6.07, 6.45) is 4.02. The molecule has 3 atom stereocenters. The van der Waals surface area contributed by atoms with Crippen LogP contribution in [0.25, 0.3) is 0 Å². The van der Waals surface area contributed by atoms with Crippen molar-refractivity contribution < 1.29 is 14.3 Å². The standard InChI is InChI=1S/C13H25NO3/c1-10-5-6-11(2)12(9-10)17-13(15)14-7-4-8-16-3/h10-12H,4-9H2,1-3H3,(H,14,15)/t10?,11-,12-/m1/s1. The lowest BCUT2D eigenvalue weighted by Crippen LogP contribution is -2.36. The largest absolute Gasteiger partial charge is 0.446 e. The van der Waals surface area contributed by atoms with Gasteiger partial charge in [0.25, 0.3) is 0 Å². The first-order valence-electron chi connectivity index (χ1n) is 6.57. The van der Waals surface area contributed by atoms with Gasteiger partial charge in [-0.2, -0.15) is 0 Å². The molecule has 4 heteroatoms. The lowest BCUT2D eigenvalue weighted by atomic mass is 9.82. The second-order valence-corrected chi connectivity index (χ2v) is 5.11. The molecule has 0 bridgehead atoms. The van der Waals surface area contributed by atoms with Crippen molar-refractivity contribution in [2.24, 2.45) is 11.8 Å². The molecule has 1 N–H and O–H groups in total. The number of carbonyl (C=O) groups excluding carboxylic acids is 1. The third-order valence-corrected chi connectivity index (χ3v) is 3.44. The summed E-state index contributed by atoms with van der Waals surface area (Å²) < 4.78 is 10.4. The van der Waals surface area contributed by atoms with E-state index in [4.69, 9.17) is 9.47 Å². The van der Waals surface area contributed by atoms with E-state index in [1.54, 1.807) is 7.11 Å². The molecule has 1 unspecified atom stereocenters. The van der Waals surface area contributed by atoms with Crippen molar-refractivity contribution in [3.05, 3.63) is 0 Å². The highest BCUT2D eigenvalue weighted by atomic mass is 16.6. The van der Waals surface area contributed by atoms with Gasteiger partial charge in [0.2, 0.25) is 0 Å². The van der Waals surface area contributed by atoms with E-state index in [9.17, 15) is 4.79 Å². The Balaban J connectivity index is 2.20. The van der Waals surface area contributed by atoms with Gasteiger partial charge >= 0.3 is 6.09 Å². The normalized spacial score (nSPS) is 28.8. The maximum Gasteiger partial charge on any atom is 0.407 e. The summed E-state index contributed by atoms with van der Waals surface area (Å²) >= 11 is 0. The second kappa shape index (κ2) is 7.54. The molecule has 100 valence electrons. The summed E-state index contributed by atoms with van der Waals surface area (Å²) in [6, 6.07) is 0. The predicted octanol–water partition coefficient (Wildman–Crippen LogP) is 2.57.